The first-order chi connectivity index (χ1) is 10.0. The van der Waals surface area contributed by atoms with Crippen molar-refractivity contribution in [1.82, 2.24) is 9.88 Å². The lowest BCUT2D eigenvalue weighted by Crippen LogP contribution is -2.29. The van der Waals surface area contributed by atoms with Crippen LogP contribution in [0.5, 0.6) is 0 Å². The number of carbonyl (C=O) groups excluding carboxylic acids is 1. The Morgan fingerprint density at radius 2 is 2.24 bits per heavy atom. The second kappa shape index (κ2) is 6.72. The third-order valence-electron chi connectivity index (χ3n) is 3.41. The van der Waals surface area contributed by atoms with Crippen molar-refractivity contribution in [2.45, 2.75) is 26.8 Å². The van der Waals surface area contributed by atoms with Crippen LogP contribution in [0.1, 0.15) is 40.8 Å². The minimum Gasteiger partial charge on any atom is -0.370 e. The van der Waals surface area contributed by atoms with E-state index in [1.54, 1.807) is 16.2 Å². The second-order valence-electron chi connectivity index (χ2n) is 5.02. The zero-order valence-electron chi connectivity index (χ0n) is 12.9. The largest absolute Gasteiger partial charge is 0.370 e. The monoisotopic (exact) mass is 303 g/mol. The van der Waals surface area contributed by atoms with Gasteiger partial charge >= 0.3 is 0 Å². The summed E-state index contributed by atoms with van der Waals surface area (Å²) in [7, 11) is 1.84. The molecule has 0 radical (unpaired) electrons. The van der Waals surface area contributed by atoms with E-state index < -0.39 is 0 Å². The van der Waals surface area contributed by atoms with E-state index in [2.05, 4.69) is 16.4 Å². The highest BCUT2D eigenvalue weighted by molar-refractivity contribution is 7.10. The molecule has 0 saturated carbocycles. The minimum atomic E-state index is 0.0144. The molecule has 0 fully saturated rings. The van der Waals surface area contributed by atoms with E-state index in [9.17, 15) is 4.79 Å². The van der Waals surface area contributed by atoms with Crippen molar-refractivity contribution in [2.24, 2.45) is 0 Å². The van der Waals surface area contributed by atoms with Gasteiger partial charge in [0, 0.05) is 29.7 Å². The van der Waals surface area contributed by atoms with Gasteiger partial charge in [-0.3, -0.25) is 4.79 Å². The zero-order valence-corrected chi connectivity index (χ0v) is 13.7. The van der Waals surface area contributed by atoms with Crippen LogP contribution in [0.2, 0.25) is 0 Å². The molecule has 112 valence electrons. The van der Waals surface area contributed by atoms with Crippen LogP contribution in [0, 0.1) is 6.92 Å². The maximum absolute atomic E-state index is 12.7. The Kier molecular flexibility index (Phi) is 4.96. The number of anilines is 1. The predicted molar refractivity (Wildman–Crippen MR) is 88.0 cm³/mol. The van der Waals surface area contributed by atoms with Crippen LogP contribution in [-0.4, -0.2) is 29.4 Å². The van der Waals surface area contributed by atoms with Crippen LogP contribution >= 0.6 is 11.3 Å². The standard InChI is InChI=1S/C16H21N3OS/c1-5-17-15-10-13(9-11(2)18-15)16(20)19(4)12(3)14-7-6-8-21-14/h6-10,12H,5H2,1-4H3,(H,17,18). The third kappa shape index (κ3) is 3.61. The van der Waals surface area contributed by atoms with Gasteiger partial charge in [0.05, 0.1) is 6.04 Å². The molecule has 1 amide bonds. The number of hydrogen-bond acceptors (Lipinski definition) is 4. The van der Waals surface area contributed by atoms with Gasteiger partial charge in [0.15, 0.2) is 0 Å². The van der Waals surface area contributed by atoms with E-state index in [0.717, 1.165) is 18.1 Å². The molecular formula is C16H21N3OS. The molecule has 21 heavy (non-hydrogen) atoms. The number of aromatic nitrogens is 1. The highest BCUT2D eigenvalue weighted by Gasteiger charge is 2.20. The number of rotatable bonds is 5. The molecule has 0 spiro atoms. The van der Waals surface area contributed by atoms with Crippen molar-refractivity contribution < 1.29 is 4.79 Å². The first kappa shape index (κ1) is 15.5. The van der Waals surface area contributed by atoms with E-state index in [1.807, 2.05) is 51.4 Å². The molecule has 1 N–H and O–H groups in total. The fourth-order valence-corrected chi connectivity index (χ4v) is 2.99. The number of hydrogen-bond donors (Lipinski definition) is 1. The molecule has 2 heterocycles. The lowest BCUT2D eigenvalue weighted by molar-refractivity contribution is 0.0745. The topological polar surface area (TPSA) is 45.2 Å². The molecule has 4 nitrogen and oxygen atoms in total. The number of nitrogens with one attached hydrogen (secondary N) is 1. The Balaban J connectivity index is 2.22. The number of aryl methyl sites for hydroxylation is 1. The zero-order chi connectivity index (χ0) is 15.4. The molecule has 0 saturated heterocycles. The second-order valence-corrected chi connectivity index (χ2v) is 6.00. The fourth-order valence-electron chi connectivity index (χ4n) is 2.16. The molecule has 0 aliphatic heterocycles. The number of pyridine rings is 1. The molecule has 0 bridgehead atoms. The molecule has 0 aromatic carbocycles. The first-order valence-electron chi connectivity index (χ1n) is 7.06. The van der Waals surface area contributed by atoms with Gasteiger partial charge in [-0.1, -0.05) is 6.07 Å². The summed E-state index contributed by atoms with van der Waals surface area (Å²) in [5.41, 5.74) is 1.51. The summed E-state index contributed by atoms with van der Waals surface area (Å²) in [5.74, 6) is 0.763. The third-order valence-corrected chi connectivity index (χ3v) is 4.46. The van der Waals surface area contributed by atoms with Crippen LogP contribution in [0.25, 0.3) is 0 Å². The Labute approximate surface area is 129 Å². The highest BCUT2D eigenvalue weighted by Crippen LogP contribution is 2.25. The van der Waals surface area contributed by atoms with E-state index in [-0.39, 0.29) is 11.9 Å². The van der Waals surface area contributed by atoms with Gasteiger partial charge in [0.25, 0.3) is 5.91 Å². The molecule has 2 aromatic heterocycles. The van der Waals surface area contributed by atoms with E-state index in [4.69, 9.17) is 0 Å². The number of thiophene rings is 1. The van der Waals surface area contributed by atoms with Crippen molar-refractivity contribution in [1.29, 1.82) is 0 Å². The molecule has 5 heteroatoms. The minimum absolute atomic E-state index is 0.0144. The van der Waals surface area contributed by atoms with E-state index in [1.165, 1.54) is 4.88 Å². The lowest BCUT2D eigenvalue weighted by atomic mass is 10.1. The summed E-state index contributed by atoms with van der Waals surface area (Å²) in [6, 6.07) is 7.78. The normalized spacial score (nSPS) is 12.0. The van der Waals surface area contributed by atoms with Gasteiger partial charge < -0.3 is 10.2 Å². The smallest absolute Gasteiger partial charge is 0.254 e. The SMILES string of the molecule is CCNc1cc(C(=O)N(C)C(C)c2cccs2)cc(C)n1. The van der Waals surface area contributed by atoms with Crippen molar-refractivity contribution in [3.8, 4) is 0 Å². The Morgan fingerprint density at radius 1 is 1.48 bits per heavy atom. The van der Waals surface area contributed by atoms with Crippen molar-refractivity contribution in [3.05, 3.63) is 45.8 Å². The number of nitrogens with zero attached hydrogens (tertiary/aromatic N) is 2. The van der Waals surface area contributed by atoms with Crippen LogP contribution in [0.3, 0.4) is 0 Å². The van der Waals surface area contributed by atoms with Crippen molar-refractivity contribution >= 4 is 23.1 Å². The molecule has 2 rings (SSSR count). The van der Waals surface area contributed by atoms with Gasteiger partial charge in [0.2, 0.25) is 0 Å². The molecule has 0 aliphatic carbocycles. The van der Waals surface area contributed by atoms with Gasteiger partial charge in [-0.15, -0.1) is 11.3 Å². The van der Waals surface area contributed by atoms with Gasteiger partial charge in [-0.25, -0.2) is 4.98 Å². The average Bonchev–Trinajstić information content (AvgIpc) is 2.98. The number of amides is 1. The van der Waals surface area contributed by atoms with Crippen LogP contribution < -0.4 is 5.32 Å². The van der Waals surface area contributed by atoms with Crippen molar-refractivity contribution in [3.63, 3.8) is 0 Å². The summed E-state index contributed by atoms with van der Waals surface area (Å²) in [5, 5.41) is 5.19. The van der Waals surface area contributed by atoms with Gasteiger partial charge in [0.1, 0.15) is 5.82 Å². The Bertz CT molecular complexity index is 610. The van der Waals surface area contributed by atoms with Crippen molar-refractivity contribution in [2.75, 3.05) is 18.9 Å². The fraction of sp³-hybridized carbons (Fsp3) is 0.375. The summed E-state index contributed by atoms with van der Waals surface area (Å²) < 4.78 is 0. The Hall–Kier alpha value is -1.88. The lowest BCUT2D eigenvalue weighted by Gasteiger charge is -2.24. The quantitative estimate of drug-likeness (QED) is 0.915. The maximum Gasteiger partial charge on any atom is 0.254 e. The first-order valence-corrected chi connectivity index (χ1v) is 7.94. The van der Waals surface area contributed by atoms with Crippen LogP contribution in [0.15, 0.2) is 29.6 Å². The predicted octanol–water partition coefficient (Wildman–Crippen LogP) is 3.72. The van der Waals surface area contributed by atoms with Crippen LogP contribution in [-0.2, 0) is 0 Å². The molecule has 1 atom stereocenters. The van der Waals surface area contributed by atoms with Gasteiger partial charge in [-0.2, -0.15) is 0 Å². The maximum atomic E-state index is 12.7. The Morgan fingerprint density at radius 3 is 2.86 bits per heavy atom. The summed E-state index contributed by atoms with van der Waals surface area (Å²) in [4.78, 5) is 20.0. The summed E-state index contributed by atoms with van der Waals surface area (Å²) >= 11 is 1.67. The highest BCUT2D eigenvalue weighted by atomic mass is 32.1. The molecule has 1 unspecified atom stereocenters. The van der Waals surface area contributed by atoms with Crippen LogP contribution in [0.4, 0.5) is 5.82 Å². The molecular weight excluding hydrogens is 282 g/mol. The molecule has 2 aromatic rings. The summed E-state index contributed by atoms with van der Waals surface area (Å²) in [6.07, 6.45) is 0. The average molecular weight is 303 g/mol. The summed E-state index contributed by atoms with van der Waals surface area (Å²) in [6.45, 7) is 6.74. The van der Waals surface area contributed by atoms with E-state index >= 15 is 0 Å². The number of carbonyl (C=O) groups is 1. The van der Waals surface area contributed by atoms with E-state index in [0.29, 0.717) is 5.56 Å². The molecule has 0 aliphatic rings. The van der Waals surface area contributed by atoms with Gasteiger partial charge in [-0.05, 0) is 44.4 Å².